The van der Waals surface area contributed by atoms with E-state index in [1.807, 2.05) is 26.8 Å². The van der Waals surface area contributed by atoms with Crippen LogP contribution in [0.4, 0.5) is 0 Å². The monoisotopic (exact) mass is 239 g/mol. The predicted molar refractivity (Wildman–Crippen MR) is 66.1 cm³/mol. The van der Waals surface area contributed by atoms with Crippen LogP contribution in [0.15, 0.2) is 11.8 Å². The minimum atomic E-state index is -0.362. The summed E-state index contributed by atoms with van der Waals surface area (Å²) in [6.45, 7) is 6.92. The Balaban J connectivity index is 4.18. The summed E-state index contributed by atoms with van der Waals surface area (Å²) in [7, 11) is 1.63. The number of hydrogen-bond donors (Lipinski definition) is 2. The normalized spacial score (nSPS) is 11.8. The second-order valence-corrected chi connectivity index (χ2v) is 4.67. The molecule has 5 nitrogen and oxygen atoms in total. The molecule has 2 N–H and O–H groups in total. The molecule has 0 aromatic carbocycles. The van der Waals surface area contributed by atoms with Crippen LogP contribution in [0.2, 0.25) is 0 Å². The van der Waals surface area contributed by atoms with E-state index in [-0.39, 0.29) is 17.0 Å². The first-order chi connectivity index (χ1) is 7.90. The second kappa shape index (κ2) is 7.69. The van der Waals surface area contributed by atoms with E-state index in [0.29, 0.717) is 13.2 Å². The number of ether oxygens (including phenoxy) is 1. The van der Waals surface area contributed by atoms with Crippen molar-refractivity contribution in [3.05, 3.63) is 11.8 Å². The number of nitriles is 1. The minimum Gasteiger partial charge on any atom is -0.390 e. The van der Waals surface area contributed by atoms with Crippen molar-refractivity contribution in [2.75, 3.05) is 20.3 Å². The third-order valence-corrected chi connectivity index (χ3v) is 1.77. The number of carbonyl (C=O) groups is 1. The first-order valence-electron chi connectivity index (χ1n) is 5.56. The zero-order valence-corrected chi connectivity index (χ0v) is 11.0. The van der Waals surface area contributed by atoms with Crippen LogP contribution in [0.3, 0.4) is 0 Å². The van der Waals surface area contributed by atoms with E-state index < -0.39 is 0 Å². The fourth-order valence-electron chi connectivity index (χ4n) is 1.05. The van der Waals surface area contributed by atoms with E-state index in [4.69, 9.17) is 10.00 Å². The van der Waals surface area contributed by atoms with Gasteiger partial charge in [0.1, 0.15) is 11.6 Å². The largest absolute Gasteiger partial charge is 0.390 e. The average molecular weight is 239 g/mol. The highest BCUT2D eigenvalue weighted by molar-refractivity contribution is 5.97. The van der Waals surface area contributed by atoms with Crippen molar-refractivity contribution in [1.29, 1.82) is 5.26 Å². The zero-order valence-electron chi connectivity index (χ0n) is 11.0. The van der Waals surface area contributed by atoms with Crippen molar-refractivity contribution < 1.29 is 9.53 Å². The molecule has 5 heteroatoms. The number of amides is 1. The van der Waals surface area contributed by atoms with Crippen LogP contribution in [0.5, 0.6) is 0 Å². The molecule has 0 unspecified atom stereocenters. The second-order valence-electron chi connectivity index (χ2n) is 4.67. The summed E-state index contributed by atoms with van der Waals surface area (Å²) in [6, 6.07) is 1.87. The van der Waals surface area contributed by atoms with E-state index in [9.17, 15) is 4.79 Å². The SMILES string of the molecule is COCCCN/C=C(/C#N)C(=O)NC(C)(C)C. The summed E-state index contributed by atoms with van der Waals surface area (Å²) >= 11 is 0. The van der Waals surface area contributed by atoms with Crippen LogP contribution in [-0.4, -0.2) is 31.7 Å². The van der Waals surface area contributed by atoms with Gasteiger partial charge in [-0.05, 0) is 27.2 Å². The Bertz CT molecular complexity index is 311. The van der Waals surface area contributed by atoms with E-state index in [2.05, 4.69) is 10.6 Å². The molecule has 0 radical (unpaired) electrons. The number of carbonyl (C=O) groups excluding carboxylic acids is 1. The Morgan fingerprint density at radius 2 is 2.12 bits per heavy atom. The Morgan fingerprint density at radius 3 is 2.59 bits per heavy atom. The lowest BCUT2D eigenvalue weighted by molar-refractivity contribution is -0.118. The fourth-order valence-corrected chi connectivity index (χ4v) is 1.05. The third-order valence-electron chi connectivity index (χ3n) is 1.77. The topological polar surface area (TPSA) is 74.1 Å². The van der Waals surface area contributed by atoms with Gasteiger partial charge in [-0.25, -0.2) is 0 Å². The maximum Gasteiger partial charge on any atom is 0.263 e. The van der Waals surface area contributed by atoms with Gasteiger partial charge in [0.05, 0.1) is 0 Å². The molecule has 0 spiro atoms. The summed E-state index contributed by atoms with van der Waals surface area (Å²) in [5.74, 6) is -0.362. The first-order valence-corrected chi connectivity index (χ1v) is 5.56. The molecule has 0 saturated heterocycles. The average Bonchev–Trinajstić information content (AvgIpc) is 2.20. The summed E-state index contributed by atoms with van der Waals surface area (Å²) in [4.78, 5) is 11.6. The number of rotatable bonds is 6. The van der Waals surface area contributed by atoms with Crippen LogP contribution < -0.4 is 10.6 Å². The van der Waals surface area contributed by atoms with Crippen molar-refractivity contribution in [2.24, 2.45) is 0 Å². The summed E-state index contributed by atoms with van der Waals surface area (Å²) in [5.41, 5.74) is -0.263. The van der Waals surface area contributed by atoms with Crippen molar-refractivity contribution in [3.63, 3.8) is 0 Å². The van der Waals surface area contributed by atoms with Crippen LogP contribution in [0, 0.1) is 11.3 Å². The molecule has 0 fully saturated rings. The van der Waals surface area contributed by atoms with Gasteiger partial charge in [0.2, 0.25) is 0 Å². The van der Waals surface area contributed by atoms with Gasteiger partial charge < -0.3 is 15.4 Å². The molecule has 0 aromatic rings. The lowest BCUT2D eigenvalue weighted by atomic mass is 10.1. The van der Waals surface area contributed by atoms with Gasteiger partial charge in [0.25, 0.3) is 5.91 Å². The van der Waals surface area contributed by atoms with E-state index in [1.165, 1.54) is 6.20 Å². The highest BCUT2D eigenvalue weighted by Gasteiger charge is 2.16. The van der Waals surface area contributed by atoms with Gasteiger partial charge in [0.15, 0.2) is 0 Å². The van der Waals surface area contributed by atoms with E-state index >= 15 is 0 Å². The molecular formula is C12H21N3O2. The molecule has 0 heterocycles. The number of methoxy groups -OCH3 is 1. The van der Waals surface area contributed by atoms with Gasteiger partial charge in [-0.15, -0.1) is 0 Å². The van der Waals surface area contributed by atoms with Gasteiger partial charge >= 0.3 is 0 Å². The van der Waals surface area contributed by atoms with Gasteiger partial charge in [0, 0.05) is 32.0 Å². The quantitative estimate of drug-likeness (QED) is 0.411. The molecule has 0 aromatic heterocycles. The standard InChI is InChI=1S/C12H21N3O2/c1-12(2,3)15-11(16)10(8-13)9-14-6-5-7-17-4/h9,14H,5-7H2,1-4H3,(H,15,16)/b10-9-. The number of nitrogens with one attached hydrogen (secondary N) is 2. The molecule has 0 bridgehead atoms. The summed E-state index contributed by atoms with van der Waals surface area (Å²) < 4.78 is 4.88. The van der Waals surface area contributed by atoms with Crippen molar-refractivity contribution in [2.45, 2.75) is 32.7 Å². The molecule has 0 aliphatic carbocycles. The van der Waals surface area contributed by atoms with Crippen molar-refractivity contribution >= 4 is 5.91 Å². The lowest BCUT2D eigenvalue weighted by Gasteiger charge is -2.19. The molecule has 0 aliphatic heterocycles. The molecule has 0 atom stereocenters. The summed E-state index contributed by atoms with van der Waals surface area (Å²) in [5, 5.41) is 14.5. The molecule has 0 saturated carbocycles. The zero-order chi connectivity index (χ0) is 13.3. The lowest BCUT2D eigenvalue weighted by Crippen LogP contribution is -2.41. The van der Waals surface area contributed by atoms with Crippen molar-refractivity contribution in [1.82, 2.24) is 10.6 Å². The molecule has 0 aliphatic rings. The number of nitrogens with zero attached hydrogens (tertiary/aromatic N) is 1. The van der Waals surface area contributed by atoms with E-state index in [0.717, 1.165) is 6.42 Å². The van der Waals surface area contributed by atoms with Gasteiger partial charge in [-0.2, -0.15) is 5.26 Å². The Kier molecular flexibility index (Phi) is 6.99. The first kappa shape index (κ1) is 15.5. The van der Waals surface area contributed by atoms with Crippen LogP contribution >= 0.6 is 0 Å². The maximum absolute atomic E-state index is 11.6. The molecular weight excluding hydrogens is 218 g/mol. The predicted octanol–water partition coefficient (Wildman–Crippen LogP) is 0.935. The fraction of sp³-hybridized carbons (Fsp3) is 0.667. The minimum absolute atomic E-state index is 0.0809. The molecule has 0 rings (SSSR count). The third kappa shape index (κ3) is 8.29. The molecule has 1 amide bonds. The van der Waals surface area contributed by atoms with E-state index in [1.54, 1.807) is 7.11 Å². The Labute approximate surface area is 103 Å². The highest BCUT2D eigenvalue weighted by Crippen LogP contribution is 2.01. The van der Waals surface area contributed by atoms with Crippen LogP contribution in [-0.2, 0) is 9.53 Å². The maximum atomic E-state index is 11.6. The Morgan fingerprint density at radius 1 is 1.47 bits per heavy atom. The highest BCUT2D eigenvalue weighted by atomic mass is 16.5. The smallest absolute Gasteiger partial charge is 0.263 e. The summed E-state index contributed by atoms with van der Waals surface area (Å²) in [6.07, 6.45) is 2.27. The van der Waals surface area contributed by atoms with Gasteiger partial charge in [-0.3, -0.25) is 4.79 Å². The Hall–Kier alpha value is -1.54. The van der Waals surface area contributed by atoms with Crippen LogP contribution in [0.25, 0.3) is 0 Å². The van der Waals surface area contributed by atoms with Gasteiger partial charge in [-0.1, -0.05) is 0 Å². The van der Waals surface area contributed by atoms with Crippen molar-refractivity contribution in [3.8, 4) is 6.07 Å². The molecule has 96 valence electrons. The number of hydrogen-bond acceptors (Lipinski definition) is 4. The molecule has 17 heavy (non-hydrogen) atoms. The van der Waals surface area contributed by atoms with Crippen LogP contribution in [0.1, 0.15) is 27.2 Å².